The van der Waals surface area contributed by atoms with Gasteiger partial charge in [0.1, 0.15) is 6.04 Å². The number of carbonyl (C=O) groups is 2. The van der Waals surface area contributed by atoms with Gasteiger partial charge >= 0.3 is 5.97 Å². The first kappa shape index (κ1) is 10.5. The van der Waals surface area contributed by atoms with E-state index in [2.05, 4.69) is 0 Å². The van der Waals surface area contributed by atoms with Crippen LogP contribution in [0.4, 0.5) is 0 Å². The van der Waals surface area contributed by atoms with Crippen molar-refractivity contribution in [3.63, 3.8) is 0 Å². The zero-order chi connectivity index (χ0) is 10.8. The monoisotopic (exact) mass is 211 g/mol. The number of likely N-dealkylation sites (tertiary alicyclic amines) is 1. The minimum absolute atomic E-state index is 0.0364. The van der Waals surface area contributed by atoms with Crippen LogP contribution in [0.25, 0.3) is 0 Å². The Labute approximate surface area is 89.3 Å². The topological polar surface area (TPSA) is 57.6 Å². The molecule has 1 amide bonds. The van der Waals surface area contributed by atoms with E-state index >= 15 is 0 Å². The zero-order valence-electron chi connectivity index (χ0n) is 8.82. The Morgan fingerprint density at radius 2 is 1.87 bits per heavy atom. The molecule has 2 fully saturated rings. The maximum atomic E-state index is 11.7. The highest BCUT2D eigenvalue weighted by Gasteiger charge is 2.40. The third-order valence-electron chi connectivity index (χ3n) is 3.51. The maximum absolute atomic E-state index is 11.7. The Balaban J connectivity index is 2.09. The average Bonchev–Trinajstić information content (AvgIpc) is 2.61. The first-order valence-corrected chi connectivity index (χ1v) is 5.74. The number of nitrogens with zero attached hydrogens (tertiary/aromatic N) is 1. The molecule has 0 aromatic carbocycles. The fourth-order valence-electron chi connectivity index (χ4n) is 2.76. The molecule has 1 N–H and O–H groups in total. The normalized spacial score (nSPS) is 28.4. The number of amides is 1. The first-order valence-electron chi connectivity index (χ1n) is 5.74. The fourth-order valence-corrected chi connectivity index (χ4v) is 2.76. The minimum Gasteiger partial charge on any atom is -0.480 e. The van der Waals surface area contributed by atoms with Crippen LogP contribution in [0.2, 0.25) is 0 Å². The Morgan fingerprint density at radius 3 is 2.47 bits per heavy atom. The predicted octanol–water partition coefficient (Wildman–Crippen LogP) is 1.39. The van der Waals surface area contributed by atoms with E-state index < -0.39 is 12.0 Å². The predicted molar refractivity (Wildman–Crippen MR) is 54.4 cm³/mol. The molecule has 0 bridgehead atoms. The van der Waals surface area contributed by atoms with Crippen LogP contribution in [0.1, 0.15) is 44.9 Å². The lowest BCUT2D eigenvalue weighted by atomic mass is 9.93. The van der Waals surface area contributed by atoms with E-state index in [-0.39, 0.29) is 11.9 Å². The van der Waals surface area contributed by atoms with Gasteiger partial charge in [-0.15, -0.1) is 0 Å². The summed E-state index contributed by atoms with van der Waals surface area (Å²) in [6.07, 6.45) is 6.33. The summed E-state index contributed by atoms with van der Waals surface area (Å²) in [6.45, 7) is 0. The molecule has 2 aliphatic rings. The number of carboxylic acid groups (broad SMARTS) is 1. The SMILES string of the molecule is O=C(O)C1CCC(=O)N1C1CCCCC1. The second-order valence-electron chi connectivity index (χ2n) is 4.49. The molecule has 1 heterocycles. The molecule has 4 nitrogen and oxygen atoms in total. The molecule has 4 heteroatoms. The van der Waals surface area contributed by atoms with E-state index in [1.54, 1.807) is 4.90 Å². The molecule has 1 aliphatic heterocycles. The van der Waals surface area contributed by atoms with Crippen LogP contribution in [0.15, 0.2) is 0 Å². The molecular formula is C11H17NO3. The van der Waals surface area contributed by atoms with E-state index in [4.69, 9.17) is 5.11 Å². The van der Waals surface area contributed by atoms with Gasteiger partial charge < -0.3 is 10.0 Å². The highest BCUT2D eigenvalue weighted by molar-refractivity contribution is 5.87. The fraction of sp³-hybridized carbons (Fsp3) is 0.818. The minimum atomic E-state index is -0.841. The number of carboxylic acids is 1. The Bertz CT molecular complexity index is 271. The highest BCUT2D eigenvalue weighted by atomic mass is 16.4. The van der Waals surface area contributed by atoms with Gasteiger partial charge in [0, 0.05) is 12.5 Å². The molecule has 1 atom stereocenters. The number of aliphatic carboxylic acids is 1. The summed E-state index contributed by atoms with van der Waals surface area (Å²) >= 11 is 0. The second-order valence-corrected chi connectivity index (χ2v) is 4.49. The summed E-state index contributed by atoms with van der Waals surface area (Å²) in [6, 6.07) is -0.365. The van der Waals surface area contributed by atoms with Crippen LogP contribution in [-0.2, 0) is 9.59 Å². The lowest BCUT2D eigenvalue weighted by molar-refractivity contribution is -0.148. The molecule has 2 rings (SSSR count). The largest absolute Gasteiger partial charge is 0.480 e. The van der Waals surface area contributed by atoms with Gasteiger partial charge in [0.2, 0.25) is 5.91 Å². The van der Waals surface area contributed by atoms with E-state index in [1.165, 1.54) is 6.42 Å². The Kier molecular flexibility index (Phi) is 2.93. The van der Waals surface area contributed by atoms with Gasteiger partial charge in [-0.25, -0.2) is 4.79 Å². The molecule has 15 heavy (non-hydrogen) atoms. The Morgan fingerprint density at radius 1 is 1.20 bits per heavy atom. The molecule has 1 aliphatic carbocycles. The van der Waals surface area contributed by atoms with Crippen molar-refractivity contribution in [2.24, 2.45) is 0 Å². The van der Waals surface area contributed by atoms with Gasteiger partial charge in [0.25, 0.3) is 0 Å². The van der Waals surface area contributed by atoms with E-state index in [1.807, 2.05) is 0 Å². The number of rotatable bonds is 2. The molecule has 0 radical (unpaired) electrons. The van der Waals surface area contributed by atoms with E-state index in [9.17, 15) is 9.59 Å². The van der Waals surface area contributed by atoms with Gasteiger partial charge in [-0.05, 0) is 19.3 Å². The maximum Gasteiger partial charge on any atom is 0.326 e. The van der Waals surface area contributed by atoms with Crippen LogP contribution in [0.3, 0.4) is 0 Å². The van der Waals surface area contributed by atoms with Crippen molar-refractivity contribution in [1.29, 1.82) is 0 Å². The second kappa shape index (κ2) is 4.21. The van der Waals surface area contributed by atoms with Gasteiger partial charge in [-0.3, -0.25) is 4.79 Å². The van der Waals surface area contributed by atoms with Crippen molar-refractivity contribution in [2.75, 3.05) is 0 Å². The molecule has 84 valence electrons. The summed E-state index contributed by atoms with van der Waals surface area (Å²) in [5.41, 5.74) is 0. The standard InChI is InChI=1S/C11H17NO3/c13-10-7-6-9(11(14)15)12(10)8-4-2-1-3-5-8/h8-9H,1-7H2,(H,14,15). The molecule has 1 saturated carbocycles. The Hall–Kier alpha value is -1.06. The molecule has 1 unspecified atom stereocenters. The quantitative estimate of drug-likeness (QED) is 0.751. The highest BCUT2D eigenvalue weighted by Crippen LogP contribution is 2.29. The smallest absolute Gasteiger partial charge is 0.326 e. The van der Waals surface area contributed by atoms with Gasteiger partial charge in [-0.1, -0.05) is 19.3 Å². The summed E-state index contributed by atoms with van der Waals surface area (Å²) < 4.78 is 0. The van der Waals surface area contributed by atoms with Crippen LogP contribution < -0.4 is 0 Å². The van der Waals surface area contributed by atoms with Crippen molar-refractivity contribution < 1.29 is 14.7 Å². The van der Waals surface area contributed by atoms with Crippen molar-refractivity contribution in [3.05, 3.63) is 0 Å². The van der Waals surface area contributed by atoms with Crippen molar-refractivity contribution in [3.8, 4) is 0 Å². The summed E-state index contributed by atoms with van der Waals surface area (Å²) in [7, 11) is 0. The third kappa shape index (κ3) is 1.98. The van der Waals surface area contributed by atoms with Crippen LogP contribution in [-0.4, -0.2) is 34.0 Å². The van der Waals surface area contributed by atoms with Crippen LogP contribution in [0.5, 0.6) is 0 Å². The first-order chi connectivity index (χ1) is 7.20. The molecule has 1 saturated heterocycles. The van der Waals surface area contributed by atoms with Gasteiger partial charge in [0.05, 0.1) is 0 Å². The lowest BCUT2D eigenvalue weighted by Gasteiger charge is -2.33. The van der Waals surface area contributed by atoms with E-state index in [0.29, 0.717) is 12.8 Å². The summed E-state index contributed by atoms with van der Waals surface area (Å²) in [5, 5.41) is 9.04. The zero-order valence-corrected chi connectivity index (χ0v) is 8.82. The lowest BCUT2D eigenvalue weighted by Crippen LogP contribution is -2.46. The third-order valence-corrected chi connectivity index (χ3v) is 3.51. The van der Waals surface area contributed by atoms with Crippen molar-refractivity contribution in [1.82, 2.24) is 4.90 Å². The van der Waals surface area contributed by atoms with Gasteiger partial charge in [0.15, 0.2) is 0 Å². The molecule has 0 aromatic heterocycles. The van der Waals surface area contributed by atoms with Crippen molar-refractivity contribution in [2.45, 2.75) is 57.0 Å². The van der Waals surface area contributed by atoms with Crippen LogP contribution in [0, 0.1) is 0 Å². The number of carbonyl (C=O) groups excluding carboxylic acids is 1. The summed E-state index contributed by atoms with van der Waals surface area (Å²) in [4.78, 5) is 24.3. The molecule has 0 aromatic rings. The number of hydrogen-bond acceptors (Lipinski definition) is 2. The van der Waals surface area contributed by atoms with Crippen molar-refractivity contribution >= 4 is 11.9 Å². The average molecular weight is 211 g/mol. The van der Waals surface area contributed by atoms with Crippen LogP contribution >= 0.6 is 0 Å². The van der Waals surface area contributed by atoms with E-state index in [0.717, 1.165) is 25.7 Å². The summed E-state index contributed by atoms with van der Waals surface area (Å²) in [5.74, 6) is -0.805. The molecular weight excluding hydrogens is 194 g/mol. The van der Waals surface area contributed by atoms with Gasteiger partial charge in [-0.2, -0.15) is 0 Å². The number of hydrogen-bond donors (Lipinski definition) is 1. The molecule has 0 spiro atoms.